The smallest absolute Gasteiger partial charge is 0.365 e. The maximum absolute atomic E-state index is 12.8. The van der Waals surface area contributed by atoms with Crippen LogP contribution in [0.1, 0.15) is 25.3 Å². The number of carbonyl (C=O) groups excluding carboxylic acids is 1. The van der Waals surface area contributed by atoms with E-state index in [2.05, 4.69) is 44.0 Å². The number of para-hydroxylation sites is 1. The van der Waals surface area contributed by atoms with Crippen molar-refractivity contribution in [1.29, 1.82) is 0 Å². The molecule has 3 aromatic rings. The number of hydrogen-bond donors (Lipinski definition) is 0. The van der Waals surface area contributed by atoms with Crippen molar-refractivity contribution in [3.8, 4) is 0 Å². The van der Waals surface area contributed by atoms with E-state index in [4.69, 9.17) is 14.9 Å². The monoisotopic (exact) mass is 612 g/mol. The van der Waals surface area contributed by atoms with Crippen molar-refractivity contribution in [1.82, 2.24) is 0 Å². The molecule has 0 radical (unpaired) electrons. The lowest BCUT2D eigenvalue weighted by atomic mass is 10.0. The van der Waals surface area contributed by atoms with Gasteiger partial charge in [0.25, 0.3) is 0 Å². The molecule has 2 heterocycles. The normalized spacial score (nSPS) is 19.5. The Morgan fingerprint density at radius 3 is 2.17 bits per heavy atom. The van der Waals surface area contributed by atoms with Gasteiger partial charge in [-0.3, -0.25) is 0 Å². The lowest BCUT2D eigenvalue weighted by Crippen LogP contribution is -2.56. The lowest BCUT2D eigenvalue weighted by Gasteiger charge is -2.46. The molecule has 2 aliphatic heterocycles. The Labute approximate surface area is 225 Å². The second kappa shape index (κ2) is 10.2. The summed E-state index contributed by atoms with van der Waals surface area (Å²) in [4.78, 5) is 12.0. The number of ether oxygens (including phenoxy) is 1. The van der Waals surface area contributed by atoms with Crippen molar-refractivity contribution in [2.45, 2.75) is 24.8 Å². The Kier molecular flexibility index (Phi) is 7.00. The van der Waals surface area contributed by atoms with Crippen LogP contribution in [-0.4, -0.2) is 28.3 Å². The van der Waals surface area contributed by atoms with E-state index in [-0.39, 0.29) is 6.61 Å². The van der Waals surface area contributed by atoms with Crippen LogP contribution in [0, 0.1) is 0 Å². The minimum Gasteiger partial charge on any atom is -0.461 e. The molecule has 0 aliphatic carbocycles. The third-order valence-corrected chi connectivity index (χ3v) is 8.10. The number of hydrazone groups is 2. The number of esters is 1. The molecule has 178 valence electrons. The highest BCUT2D eigenvalue weighted by atomic mass is 79.9. The molecular weight excluding hydrogens is 592 g/mol. The standard InChI is InChI=1S/C26H22Br2N4O2S/c1-2-34-25(33)24-30-32(22-14-12-20(28)13-15-22)26(35-24)17-16-23(18-8-10-19(27)11-9-18)29-31(26)21-6-4-3-5-7-21/h3-15H,2,16-17H2,1H3/t26-/m1/s1. The van der Waals surface area contributed by atoms with Crippen molar-refractivity contribution in [3.05, 3.63) is 93.4 Å². The van der Waals surface area contributed by atoms with E-state index in [1.165, 1.54) is 11.8 Å². The van der Waals surface area contributed by atoms with Gasteiger partial charge >= 0.3 is 5.97 Å². The summed E-state index contributed by atoms with van der Waals surface area (Å²) >= 11 is 8.42. The summed E-state index contributed by atoms with van der Waals surface area (Å²) in [6.45, 7) is 2.09. The van der Waals surface area contributed by atoms with E-state index in [1.54, 1.807) is 6.92 Å². The predicted molar refractivity (Wildman–Crippen MR) is 150 cm³/mol. The van der Waals surface area contributed by atoms with Crippen LogP contribution in [0.2, 0.25) is 0 Å². The number of carbonyl (C=O) groups is 1. The molecule has 1 atom stereocenters. The number of benzene rings is 3. The molecule has 0 N–H and O–H groups in total. The van der Waals surface area contributed by atoms with Crippen molar-refractivity contribution >= 4 is 71.7 Å². The number of halogens is 2. The van der Waals surface area contributed by atoms with Crippen LogP contribution < -0.4 is 10.0 Å². The topological polar surface area (TPSA) is 57.5 Å². The van der Waals surface area contributed by atoms with Gasteiger partial charge in [0.15, 0.2) is 0 Å². The van der Waals surface area contributed by atoms with Crippen LogP contribution in [0.5, 0.6) is 0 Å². The van der Waals surface area contributed by atoms with Gasteiger partial charge in [0.2, 0.25) is 10.0 Å². The molecule has 2 aliphatic rings. The summed E-state index contributed by atoms with van der Waals surface area (Å²) < 4.78 is 7.31. The first-order chi connectivity index (χ1) is 17.0. The van der Waals surface area contributed by atoms with Crippen molar-refractivity contribution in [3.63, 3.8) is 0 Å². The third-order valence-electron chi connectivity index (χ3n) is 5.72. The highest BCUT2D eigenvalue weighted by Crippen LogP contribution is 2.50. The maximum atomic E-state index is 12.8. The van der Waals surface area contributed by atoms with Gasteiger partial charge in [0.1, 0.15) is 0 Å². The van der Waals surface area contributed by atoms with Crippen LogP contribution in [-0.2, 0) is 9.53 Å². The largest absolute Gasteiger partial charge is 0.461 e. The molecular formula is C26H22Br2N4O2S. The zero-order valence-electron chi connectivity index (χ0n) is 18.9. The van der Waals surface area contributed by atoms with Crippen molar-refractivity contribution in [2.24, 2.45) is 10.2 Å². The number of hydrogen-bond acceptors (Lipinski definition) is 7. The zero-order chi connectivity index (χ0) is 24.4. The van der Waals surface area contributed by atoms with E-state index in [1.807, 2.05) is 76.7 Å². The third kappa shape index (κ3) is 4.77. The summed E-state index contributed by atoms with van der Waals surface area (Å²) in [5, 5.41) is 14.2. The van der Waals surface area contributed by atoms with Crippen molar-refractivity contribution < 1.29 is 9.53 Å². The van der Waals surface area contributed by atoms with Gasteiger partial charge in [-0.15, -0.1) is 0 Å². The molecule has 35 heavy (non-hydrogen) atoms. The fraction of sp³-hybridized carbons (Fsp3) is 0.192. The van der Waals surface area contributed by atoms with Crippen molar-refractivity contribution in [2.75, 3.05) is 16.6 Å². The van der Waals surface area contributed by atoms with E-state index >= 15 is 0 Å². The molecule has 0 fully saturated rings. The zero-order valence-corrected chi connectivity index (χ0v) is 22.9. The quantitative estimate of drug-likeness (QED) is 0.290. The van der Waals surface area contributed by atoms with E-state index in [0.717, 1.165) is 38.0 Å². The molecule has 6 nitrogen and oxygen atoms in total. The first-order valence-corrected chi connectivity index (χ1v) is 13.6. The number of anilines is 2. The molecule has 0 bridgehead atoms. The molecule has 0 saturated carbocycles. The molecule has 0 amide bonds. The second-order valence-corrected chi connectivity index (χ2v) is 11.0. The number of nitrogens with zero attached hydrogens (tertiary/aromatic N) is 4. The summed E-state index contributed by atoms with van der Waals surface area (Å²) in [5.41, 5.74) is 3.82. The highest BCUT2D eigenvalue weighted by molar-refractivity contribution is 9.10. The van der Waals surface area contributed by atoms with Crippen LogP contribution in [0.4, 0.5) is 11.4 Å². The van der Waals surface area contributed by atoms with Crippen LogP contribution >= 0.6 is 43.6 Å². The lowest BCUT2D eigenvalue weighted by molar-refractivity contribution is -0.134. The Balaban J connectivity index is 1.64. The van der Waals surface area contributed by atoms with Gasteiger partial charge < -0.3 is 4.74 Å². The molecule has 9 heteroatoms. The van der Waals surface area contributed by atoms with Gasteiger partial charge in [-0.05, 0) is 79.2 Å². The fourth-order valence-corrected chi connectivity index (χ4v) is 5.88. The SMILES string of the molecule is CCOC(=O)C1=NN(c2ccc(Br)cc2)[C@]2(CCC(c3ccc(Br)cc3)=NN2c2ccccc2)S1. The van der Waals surface area contributed by atoms with E-state index in [0.29, 0.717) is 11.5 Å². The average molecular weight is 614 g/mol. The Bertz CT molecular complexity index is 1280. The summed E-state index contributed by atoms with van der Waals surface area (Å²) in [6.07, 6.45) is 1.40. The molecule has 0 unspecified atom stereocenters. The predicted octanol–water partition coefficient (Wildman–Crippen LogP) is 7.00. The molecule has 5 rings (SSSR count). The number of rotatable bonds is 5. The molecule has 3 aromatic carbocycles. The Morgan fingerprint density at radius 2 is 1.51 bits per heavy atom. The van der Waals surface area contributed by atoms with Gasteiger partial charge in [-0.1, -0.05) is 62.2 Å². The van der Waals surface area contributed by atoms with Gasteiger partial charge in [-0.25, -0.2) is 14.8 Å². The molecule has 0 saturated heterocycles. The van der Waals surface area contributed by atoms with Gasteiger partial charge in [-0.2, -0.15) is 10.2 Å². The average Bonchev–Trinajstić information content (AvgIpc) is 3.26. The summed E-state index contributed by atoms with van der Waals surface area (Å²) in [7, 11) is 0. The maximum Gasteiger partial charge on any atom is 0.365 e. The van der Waals surface area contributed by atoms with Gasteiger partial charge in [0, 0.05) is 15.4 Å². The van der Waals surface area contributed by atoms with E-state index < -0.39 is 11.0 Å². The molecule has 0 aromatic heterocycles. The van der Waals surface area contributed by atoms with Crippen LogP contribution in [0.15, 0.2) is 98.0 Å². The fourth-order valence-electron chi connectivity index (χ4n) is 4.10. The first-order valence-electron chi connectivity index (χ1n) is 11.2. The summed E-state index contributed by atoms with van der Waals surface area (Å²) in [6, 6.07) is 26.1. The van der Waals surface area contributed by atoms with Crippen LogP contribution in [0.3, 0.4) is 0 Å². The first kappa shape index (κ1) is 24.1. The highest BCUT2D eigenvalue weighted by Gasteiger charge is 2.53. The Morgan fingerprint density at radius 1 is 0.914 bits per heavy atom. The minimum atomic E-state index is -0.768. The number of thioether (sulfide) groups is 1. The minimum absolute atomic E-state index is 0.290. The van der Waals surface area contributed by atoms with E-state index in [9.17, 15) is 4.79 Å². The second-order valence-electron chi connectivity index (χ2n) is 7.96. The molecule has 1 spiro atoms. The summed E-state index contributed by atoms with van der Waals surface area (Å²) in [5.74, 6) is -0.424. The van der Waals surface area contributed by atoms with Gasteiger partial charge in [0.05, 0.1) is 23.7 Å². The Hall–Kier alpha value is -2.62. The van der Waals surface area contributed by atoms with Crippen LogP contribution in [0.25, 0.3) is 0 Å².